The second-order valence-electron chi connectivity index (χ2n) is 6.19. The lowest BCUT2D eigenvalue weighted by atomic mass is 9.87. The summed E-state index contributed by atoms with van der Waals surface area (Å²) >= 11 is 0. The van der Waals surface area contributed by atoms with Gasteiger partial charge in [-0.25, -0.2) is 4.79 Å². The van der Waals surface area contributed by atoms with Crippen molar-refractivity contribution in [2.24, 2.45) is 5.92 Å². The van der Waals surface area contributed by atoms with Crippen molar-refractivity contribution in [1.29, 1.82) is 0 Å². The van der Waals surface area contributed by atoms with Gasteiger partial charge in [-0.3, -0.25) is 0 Å². The molecule has 106 valence electrons. The molecule has 0 spiro atoms. The number of aliphatic hydroxyl groups is 1. The number of nitrogens with one attached hydrogen (secondary N) is 1. The molecule has 0 bridgehead atoms. The minimum absolute atomic E-state index is 0.0899. The number of rotatable bonds is 5. The zero-order valence-electron chi connectivity index (χ0n) is 12.0. The Kier molecular flexibility index (Phi) is 5.93. The quantitative estimate of drug-likeness (QED) is 0.793. The van der Waals surface area contributed by atoms with Crippen molar-refractivity contribution >= 4 is 6.03 Å². The van der Waals surface area contributed by atoms with Crippen LogP contribution >= 0.6 is 0 Å². The van der Waals surface area contributed by atoms with Crippen LogP contribution in [0.3, 0.4) is 0 Å². The monoisotopic (exact) mass is 256 g/mol. The summed E-state index contributed by atoms with van der Waals surface area (Å²) in [6, 6.07) is -0.0899. The number of carbonyl (C=O) groups is 1. The molecule has 0 heterocycles. The van der Waals surface area contributed by atoms with Crippen LogP contribution in [-0.2, 0) is 0 Å². The number of hydrogen-bond acceptors (Lipinski definition) is 2. The number of urea groups is 1. The fourth-order valence-corrected chi connectivity index (χ4v) is 2.65. The van der Waals surface area contributed by atoms with Crippen LogP contribution in [-0.4, -0.2) is 41.8 Å². The van der Waals surface area contributed by atoms with Crippen molar-refractivity contribution in [1.82, 2.24) is 10.2 Å². The average molecular weight is 256 g/mol. The van der Waals surface area contributed by atoms with Gasteiger partial charge in [-0.05, 0) is 26.2 Å². The molecule has 0 atom stereocenters. The first-order valence-electron chi connectivity index (χ1n) is 7.10. The maximum absolute atomic E-state index is 11.8. The molecule has 1 fully saturated rings. The van der Waals surface area contributed by atoms with Crippen molar-refractivity contribution in [2.75, 3.05) is 20.1 Å². The van der Waals surface area contributed by atoms with E-state index in [9.17, 15) is 9.90 Å². The molecule has 0 radical (unpaired) electrons. The summed E-state index contributed by atoms with van der Waals surface area (Å²) in [5, 5.41) is 12.6. The fourth-order valence-electron chi connectivity index (χ4n) is 2.65. The van der Waals surface area contributed by atoms with Gasteiger partial charge in [-0.2, -0.15) is 0 Å². The summed E-state index contributed by atoms with van der Waals surface area (Å²) in [4.78, 5) is 13.3. The topological polar surface area (TPSA) is 52.6 Å². The van der Waals surface area contributed by atoms with Gasteiger partial charge in [0.1, 0.15) is 0 Å². The Hall–Kier alpha value is -0.770. The highest BCUT2D eigenvalue weighted by Crippen LogP contribution is 2.25. The maximum Gasteiger partial charge on any atom is 0.317 e. The van der Waals surface area contributed by atoms with E-state index in [0.29, 0.717) is 6.54 Å². The molecule has 1 aliphatic rings. The van der Waals surface area contributed by atoms with E-state index in [1.54, 1.807) is 25.8 Å². The van der Waals surface area contributed by atoms with E-state index >= 15 is 0 Å². The first kappa shape index (κ1) is 15.3. The van der Waals surface area contributed by atoms with Gasteiger partial charge in [0.05, 0.1) is 12.1 Å². The van der Waals surface area contributed by atoms with Gasteiger partial charge < -0.3 is 15.3 Å². The van der Waals surface area contributed by atoms with Gasteiger partial charge in [0.25, 0.3) is 0 Å². The zero-order valence-corrected chi connectivity index (χ0v) is 12.0. The van der Waals surface area contributed by atoms with Crippen LogP contribution in [0, 0.1) is 5.92 Å². The molecular formula is C14H28N2O2. The van der Waals surface area contributed by atoms with Crippen molar-refractivity contribution in [3.8, 4) is 0 Å². The largest absolute Gasteiger partial charge is 0.389 e. The number of carbonyl (C=O) groups excluding carboxylic acids is 1. The fraction of sp³-hybridized carbons (Fsp3) is 0.929. The maximum atomic E-state index is 11.8. The molecular weight excluding hydrogens is 228 g/mol. The summed E-state index contributed by atoms with van der Waals surface area (Å²) in [5.41, 5.74) is -0.838. The van der Waals surface area contributed by atoms with Gasteiger partial charge in [-0.15, -0.1) is 0 Å². The predicted octanol–water partition coefficient (Wildman–Crippen LogP) is 2.37. The molecule has 0 aromatic carbocycles. The molecule has 1 rings (SSSR count). The molecule has 1 saturated carbocycles. The lowest BCUT2D eigenvalue weighted by molar-refractivity contribution is 0.0531. The summed E-state index contributed by atoms with van der Waals surface area (Å²) < 4.78 is 0. The van der Waals surface area contributed by atoms with Gasteiger partial charge >= 0.3 is 6.03 Å². The number of hydrogen-bond donors (Lipinski definition) is 2. The summed E-state index contributed by atoms with van der Waals surface area (Å²) in [7, 11) is 1.72. The normalized spacial score (nSPS) is 17.6. The molecule has 2 amide bonds. The van der Waals surface area contributed by atoms with Crippen molar-refractivity contribution in [3.63, 3.8) is 0 Å². The number of nitrogens with zero attached hydrogens (tertiary/aromatic N) is 1. The molecule has 0 aliphatic heterocycles. The zero-order chi connectivity index (χ0) is 13.6. The van der Waals surface area contributed by atoms with Crippen LogP contribution in [0.1, 0.15) is 52.4 Å². The standard InChI is InChI=1S/C14H28N2O2/c1-14(2,18)11-16(3)13(17)15-10-9-12-7-5-4-6-8-12/h12,18H,4-11H2,1-3H3,(H,15,17). The van der Waals surface area contributed by atoms with E-state index in [-0.39, 0.29) is 6.03 Å². The third kappa shape index (κ3) is 6.24. The van der Waals surface area contributed by atoms with Gasteiger partial charge in [0.15, 0.2) is 0 Å². The molecule has 4 nitrogen and oxygen atoms in total. The molecule has 1 aliphatic carbocycles. The minimum Gasteiger partial charge on any atom is -0.389 e. The number of likely N-dealkylation sites (N-methyl/N-ethyl adjacent to an activating group) is 1. The van der Waals surface area contributed by atoms with Crippen LogP contribution in [0.2, 0.25) is 0 Å². The molecule has 0 aromatic heterocycles. The van der Waals surface area contributed by atoms with E-state index in [4.69, 9.17) is 0 Å². The molecule has 4 heteroatoms. The van der Waals surface area contributed by atoms with Crippen LogP contribution < -0.4 is 5.32 Å². The lowest BCUT2D eigenvalue weighted by Crippen LogP contribution is -2.45. The Labute approximate surface area is 111 Å². The Morgan fingerprint density at radius 1 is 1.33 bits per heavy atom. The summed E-state index contributed by atoms with van der Waals surface area (Å²) in [5.74, 6) is 0.790. The van der Waals surface area contributed by atoms with E-state index in [1.165, 1.54) is 32.1 Å². The second-order valence-corrected chi connectivity index (χ2v) is 6.19. The SMILES string of the molecule is CN(CC(C)(C)O)C(=O)NCCC1CCCCC1. The van der Waals surface area contributed by atoms with Crippen molar-refractivity contribution in [3.05, 3.63) is 0 Å². The van der Waals surface area contributed by atoms with E-state index in [1.807, 2.05) is 0 Å². The van der Waals surface area contributed by atoms with Crippen LogP contribution in [0.5, 0.6) is 0 Å². The molecule has 0 aromatic rings. The predicted molar refractivity (Wildman–Crippen MR) is 73.5 cm³/mol. The molecule has 18 heavy (non-hydrogen) atoms. The van der Waals surface area contributed by atoms with Gasteiger partial charge in [-0.1, -0.05) is 32.1 Å². The van der Waals surface area contributed by atoms with Crippen LogP contribution in [0.25, 0.3) is 0 Å². The molecule has 0 unspecified atom stereocenters. The highest BCUT2D eigenvalue weighted by atomic mass is 16.3. The van der Waals surface area contributed by atoms with Gasteiger partial charge in [0.2, 0.25) is 0 Å². The Morgan fingerprint density at radius 3 is 2.50 bits per heavy atom. The smallest absolute Gasteiger partial charge is 0.317 e. The molecule has 2 N–H and O–H groups in total. The van der Waals surface area contributed by atoms with E-state index in [2.05, 4.69) is 5.32 Å². The van der Waals surface area contributed by atoms with E-state index < -0.39 is 5.60 Å². The Morgan fingerprint density at radius 2 is 1.94 bits per heavy atom. The number of amides is 2. The molecule has 0 saturated heterocycles. The van der Waals surface area contributed by atoms with Gasteiger partial charge in [0, 0.05) is 13.6 Å². The van der Waals surface area contributed by atoms with Crippen LogP contribution in [0.4, 0.5) is 4.79 Å². The van der Waals surface area contributed by atoms with Crippen molar-refractivity contribution < 1.29 is 9.90 Å². The Bertz CT molecular complexity index is 255. The summed E-state index contributed by atoms with van der Waals surface area (Å²) in [6.07, 6.45) is 7.78. The highest BCUT2D eigenvalue weighted by Gasteiger charge is 2.19. The lowest BCUT2D eigenvalue weighted by Gasteiger charge is -2.26. The Balaban J connectivity index is 2.15. The third-order valence-electron chi connectivity index (χ3n) is 3.52. The van der Waals surface area contributed by atoms with Crippen LogP contribution in [0.15, 0.2) is 0 Å². The first-order valence-corrected chi connectivity index (χ1v) is 7.10. The third-order valence-corrected chi connectivity index (χ3v) is 3.52. The highest BCUT2D eigenvalue weighted by molar-refractivity contribution is 5.73. The average Bonchev–Trinajstić information content (AvgIpc) is 2.28. The van der Waals surface area contributed by atoms with Crippen molar-refractivity contribution in [2.45, 2.75) is 58.0 Å². The second kappa shape index (κ2) is 6.98. The van der Waals surface area contributed by atoms with E-state index in [0.717, 1.165) is 18.9 Å². The first-order chi connectivity index (χ1) is 8.38. The summed E-state index contributed by atoms with van der Waals surface area (Å²) in [6.45, 7) is 4.51. The minimum atomic E-state index is -0.838.